The monoisotopic (exact) mass is 263 g/mol. The average molecular weight is 263 g/mol. The Hall–Kier alpha value is -1.91. The van der Waals surface area contributed by atoms with Crippen molar-refractivity contribution in [3.8, 4) is 5.88 Å². The largest absolute Gasteiger partial charge is 0.477 e. The van der Waals surface area contributed by atoms with E-state index in [0.29, 0.717) is 5.69 Å². The first kappa shape index (κ1) is 13.5. The van der Waals surface area contributed by atoms with Gasteiger partial charge in [-0.2, -0.15) is 0 Å². The Morgan fingerprint density at radius 2 is 1.95 bits per heavy atom. The van der Waals surface area contributed by atoms with Gasteiger partial charge in [-0.1, -0.05) is 19.3 Å². The molecule has 1 aromatic heterocycles. The molecule has 19 heavy (non-hydrogen) atoms. The molecule has 1 aliphatic carbocycles. The van der Waals surface area contributed by atoms with Gasteiger partial charge in [0.25, 0.3) is 0 Å². The van der Waals surface area contributed by atoms with Gasteiger partial charge in [0.2, 0.25) is 5.88 Å². The van der Waals surface area contributed by atoms with E-state index in [0.717, 1.165) is 32.1 Å². The second kappa shape index (κ2) is 5.82. The lowest BCUT2D eigenvalue weighted by molar-refractivity contribution is -0.140. The Kier molecular flexibility index (Phi) is 4.14. The van der Waals surface area contributed by atoms with E-state index >= 15 is 0 Å². The number of nitrogens with zero attached hydrogens (tertiary/aromatic N) is 1. The number of aromatic carboxylic acids is 1. The summed E-state index contributed by atoms with van der Waals surface area (Å²) in [7, 11) is 0. The smallest absolute Gasteiger partial charge is 0.341 e. The van der Waals surface area contributed by atoms with Crippen molar-refractivity contribution < 1.29 is 19.4 Å². The van der Waals surface area contributed by atoms with Crippen LogP contribution in [-0.2, 0) is 4.79 Å². The van der Waals surface area contributed by atoms with E-state index in [2.05, 4.69) is 4.98 Å². The molecule has 5 nitrogen and oxygen atoms in total. The number of hydrogen-bond acceptors (Lipinski definition) is 4. The molecule has 0 unspecified atom stereocenters. The van der Waals surface area contributed by atoms with Crippen LogP contribution in [0.25, 0.3) is 0 Å². The van der Waals surface area contributed by atoms with Crippen LogP contribution in [0.5, 0.6) is 5.88 Å². The van der Waals surface area contributed by atoms with E-state index in [1.807, 2.05) is 0 Å². The van der Waals surface area contributed by atoms with Crippen LogP contribution < -0.4 is 4.74 Å². The molecule has 5 heteroatoms. The van der Waals surface area contributed by atoms with E-state index in [1.54, 1.807) is 13.0 Å². The van der Waals surface area contributed by atoms with Crippen molar-refractivity contribution in [2.24, 2.45) is 5.92 Å². The Bertz CT molecular complexity index is 492. The van der Waals surface area contributed by atoms with Crippen molar-refractivity contribution in [3.63, 3.8) is 0 Å². The number of carboxylic acid groups (broad SMARTS) is 1. The van der Waals surface area contributed by atoms with Crippen molar-refractivity contribution in [2.75, 3.05) is 0 Å². The number of hydrogen-bond donors (Lipinski definition) is 1. The van der Waals surface area contributed by atoms with E-state index in [-0.39, 0.29) is 23.3 Å². The zero-order valence-electron chi connectivity index (χ0n) is 10.9. The number of ether oxygens (including phenoxy) is 1. The number of carbonyl (C=O) groups is 2. The van der Waals surface area contributed by atoms with Crippen LogP contribution in [0.15, 0.2) is 12.1 Å². The lowest BCUT2D eigenvalue weighted by atomic mass is 9.89. The van der Waals surface area contributed by atoms with Crippen LogP contribution in [-0.4, -0.2) is 22.0 Å². The zero-order chi connectivity index (χ0) is 13.8. The van der Waals surface area contributed by atoms with Gasteiger partial charge in [-0.05, 0) is 31.9 Å². The average Bonchev–Trinajstić information content (AvgIpc) is 2.39. The fraction of sp³-hybridized carbons (Fsp3) is 0.500. The summed E-state index contributed by atoms with van der Waals surface area (Å²) in [6.07, 6.45) is 4.81. The van der Waals surface area contributed by atoms with Crippen molar-refractivity contribution in [1.29, 1.82) is 0 Å². The van der Waals surface area contributed by atoms with Gasteiger partial charge in [0, 0.05) is 5.69 Å². The summed E-state index contributed by atoms with van der Waals surface area (Å²) in [5.74, 6) is -1.72. The highest BCUT2D eigenvalue weighted by atomic mass is 16.5. The van der Waals surface area contributed by atoms with Gasteiger partial charge in [0.05, 0.1) is 5.92 Å². The van der Waals surface area contributed by atoms with E-state index in [4.69, 9.17) is 9.84 Å². The predicted molar refractivity (Wildman–Crippen MR) is 68.1 cm³/mol. The molecule has 1 aliphatic rings. The van der Waals surface area contributed by atoms with Crippen molar-refractivity contribution >= 4 is 11.9 Å². The number of aryl methyl sites for hydroxylation is 1. The molecule has 0 radical (unpaired) electrons. The van der Waals surface area contributed by atoms with Crippen molar-refractivity contribution in [2.45, 2.75) is 39.0 Å². The topological polar surface area (TPSA) is 76.5 Å². The molecule has 1 aromatic rings. The van der Waals surface area contributed by atoms with E-state index < -0.39 is 5.97 Å². The van der Waals surface area contributed by atoms with Gasteiger partial charge in [-0.25, -0.2) is 9.78 Å². The van der Waals surface area contributed by atoms with Gasteiger partial charge in [0.15, 0.2) is 0 Å². The van der Waals surface area contributed by atoms with Crippen LogP contribution in [0, 0.1) is 12.8 Å². The summed E-state index contributed by atoms with van der Waals surface area (Å²) in [6, 6.07) is 3.00. The summed E-state index contributed by atoms with van der Waals surface area (Å²) in [5.41, 5.74) is 0.547. The minimum absolute atomic E-state index is 0.0743. The number of rotatable bonds is 3. The van der Waals surface area contributed by atoms with E-state index in [9.17, 15) is 9.59 Å². The molecule has 102 valence electrons. The molecular formula is C14H17NO4. The number of pyridine rings is 1. The van der Waals surface area contributed by atoms with Gasteiger partial charge < -0.3 is 9.84 Å². The molecule has 0 saturated heterocycles. The standard InChI is InChI=1S/C14H17NO4/c1-9-7-8-11(13(16)17)12(15-9)19-14(18)10-5-3-2-4-6-10/h7-8,10H,2-6H2,1H3,(H,16,17). The lowest BCUT2D eigenvalue weighted by Gasteiger charge is -2.19. The molecule has 0 aliphatic heterocycles. The highest BCUT2D eigenvalue weighted by Gasteiger charge is 2.25. The maximum Gasteiger partial charge on any atom is 0.341 e. The van der Waals surface area contributed by atoms with Crippen LogP contribution in [0.3, 0.4) is 0 Å². The molecule has 0 amide bonds. The summed E-state index contributed by atoms with van der Waals surface area (Å²) < 4.78 is 5.20. The highest BCUT2D eigenvalue weighted by molar-refractivity contribution is 5.91. The third-order valence-electron chi connectivity index (χ3n) is 3.37. The molecule has 1 fully saturated rings. The molecule has 1 heterocycles. The first-order valence-electron chi connectivity index (χ1n) is 6.50. The second-order valence-corrected chi connectivity index (χ2v) is 4.87. The van der Waals surface area contributed by atoms with Gasteiger partial charge in [-0.15, -0.1) is 0 Å². The minimum atomic E-state index is -1.14. The summed E-state index contributed by atoms with van der Waals surface area (Å²) in [6.45, 7) is 1.73. The summed E-state index contributed by atoms with van der Waals surface area (Å²) >= 11 is 0. The Morgan fingerprint density at radius 3 is 2.58 bits per heavy atom. The first-order valence-corrected chi connectivity index (χ1v) is 6.50. The third kappa shape index (κ3) is 3.30. The summed E-state index contributed by atoms with van der Waals surface area (Å²) in [5, 5.41) is 9.05. The molecule has 1 saturated carbocycles. The molecule has 1 N–H and O–H groups in total. The first-order chi connectivity index (χ1) is 9.08. The molecule has 0 bridgehead atoms. The number of aromatic nitrogens is 1. The van der Waals surface area contributed by atoms with Crippen LogP contribution in [0.4, 0.5) is 0 Å². The van der Waals surface area contributed by atoms with Crippen LogP contribution in [0.2, 0.25) is 0 Å². The SMILES string of the molecule is Cc1ccc(C(=O)O)c(OC(=O)C2CCCCC2)n1. The van der Waals surface area contributed by atoms with Gasteiger partial charge in [0.1, 0.15) is 5.56 Å². The molecule has 2 rings (SSSR count). The third-order valence-corrected chi connectivity index (χ3v) is 3.37. The van der Waals surface area contributed by atoms with Crippen LogP contribution >= 0.6 is 0 Å². The Balaban J connectivity index is 2.15. The highest BCUT2D eigenvalue weighted by Crippen LogP contribution is 2.26. The zero-order valence-corrected chi connectivity index (χ0v) is 10.9. The minimum Gasteiger partial charge on any atom is -0.477 e. The van der Waals surface area contributed by atoms with Crippen molar-refractivity contribution in [1.82, 2.24) is 4.98 Å². The van der Waals surface area contributed by atoms with Crippen molar-refractivity contribution in [3.05, 3.63) is 23.4 Å². The Labute approximate surface area is 111 Å². The number of carbonyl (C=O) groups excluding carboxylic acids is 1. The number of carboxylic acids is 1. The lowest BCUT2D eigenvalue weighted by Crippen LogP contribution is -2.24. The maximum absolute atomic E-state index is 12.0. The van der Waals surface area contributed by atoms with Gasteiger partial charge in [-0.3, -0.25) is 4.79 Å². The van der Waals surface area contributed by atoms with Gasteiger partial charge >= 0.3 is 11.9 Å². The van der Waals surface area contributed by atoms with Crippen LogP contribution in [0.1, 0.15) is 48.2 Å². The fourth-order valence-electron chi connectivity index (χ4n) is 2.29. The quantitative estimate of drug-likeness (QED) is 0.848. The maximum atomic E-state index is 12.0. The second-order valence-electron chi connectivity index (χ2n) is 4.87. The normalized spacial score (nSPS) is 16.1. The Morgan fingerprint density at radius 1 is 1.26 bits per heavy atom. The molecular weight excluding hydrogens is 246 g/mol. The fourth-order valence-corrected chi connectivity index (χ4v) is 2.29. The summed E-state index contributed by atoms with van der Waals surface area (Å²) in [4.78, 5) is 27.1. The van der Waals surface area contributed by atoms with E-state index in [1.165, 1.54) is 6.07 Å². The molecule has 0 spiro atoms. The predicted octanol–water partition coefficient (Wildman–Crippen LogP) is 2.57. The molecule has 0 atom stereocenters. The molecule has 0 aromatic carbocycles. The number of esters is 1.